The first-order valence-corrected chi connectivity index (χ1v) is 5.00. The summed E-state index contributed by atoms with van der Waals surface area (Å²) in [4.78, 5) is 13.7. The normalized spacial score (nSPS) is 30.8. The van der Waals surface area contributed by atoms with E-state index in [-0.39, 0.29) is 18.4 Å². The molecule has 0 aromatic heterocycles. The Kier molecular flexibility index (Phi) is 4.16. The Morgan fingerprint density at radius 3 is 2.64 bits per heavy atom. The molecule has 2 aliphatic rings. The van der Waals surface area contributed by atoms with Crippen LogP contribution in [0, 0.1) is 0 Å². The summed E-state index contributed by atoms with van der Waals surface area (Å²) in [6.07, 6.45) is 2.11. The highest BCUT2D eigenvalue weighted by Gasteiger charge is 2.32. The van der Waals surface area contributed by atoms with Crippen molar-refractivity contribution in [2.75, 3.05) is 26.7 Å². The van der Waals surface area contributed by atoms with Crippen LogP contribution in [0.2, 0.25) is 0 Å². The van der Waals surface area contributed by atoms with Crippen LogP contribution in [0.4, 0.5) is 0 Å². The molecule has 2 N–H and O–H groups in total. The lowest BCUT2D eigenvalue weighted by atomic mass is 10.1. The highest BCUT2D eigenvalue weighted by molar-refractivity contribution is 5.85. The Morgan fingerprint density at radius 1 is 1.50 bits per heavy atom. The lowest BCUT2D eigenvalue weighted by Crippen LogP contribution is -2.54. The van der Waals surface area contributed by atoms with Crippen LogP contribution in [-0.2, 0) is 4.79 Å². The second-order valence-electron chi connectivity index (χ2n) is 3.85. The van der Waals surface area contributed by atoms with Crippen LogP contribution in [0.15, 0.2) is 0 Å². The molecular weight excluding hydrogens is 202 g/mol. The molecule has 0 saturated carbocycles. The molecule has 2 rings (SSSR count). The maximum Gasteiger partial charge on any atom is 0.239 e. The van der Waals surface area contributed by atoms with Gasteiger partial charge in [0.15, 0.2) is 0 Å². The fourth-order valence-electron chi connectivity index (χ4n) is 1.92. The molecule has 0 spiro atoms. The summed E-state index contributed by atoms with van der Waals surface area (Å²) in [6.45, 7) is 2.80. The van der Waals surface area contributed by atoms with E-state index in [1.54, 1.807) is 0 Å². The fraction of sp³-hybridized carbons (Fsp3) is 0.889. The minimum absolute atomic E-state index is 0. The van der Waals surface area contributed by atoms with Crippen molar-refractivity contribution in [1.82, 2.24) is 15.5 Å². The minimum Gasteiger partial charge on any atom is -0.340 e. The molecule has 0 bridgehead atoms. The summed E-state index contributed by atoms with van der Waals surface area (Å²) in [6, 6.07) is 0.625. The molecule has 2 heterocycles. The third-order valence-corrected chi connectivity index (χ3v) is 3.03. The number of nitrogens with zero attached hydrogens (tertiary/aromatic N) is 1. The molecule has 2 atom stereocenters. The number of likely N-dealkylation sites (tertiary alicyclic amines) is 1. The molecule has 14 heavy (non-hydrogen) atoms. The first kappa shape index (κ1) is 11.8. The second kappa shape index (κ2) is 4.96. The smallest absolute Gasteiger partial charge is 0.239 e. The van der Waals surface area contributed by atoms with E-state index in [2.05, 4.69) is 10.6 Å². The number of carbonyl (C=O) groups excluding carboxylic acids is 1. The third kappa shape index (κ3) is 2.19. The van der Waals surface area contributed by atoms with Crippen molar-refractivity contribution in [1.29, 1.82) is 0 Å². The summed E-state index contributed by atoms with van der Waals surface area (Å²) >= 11 is 0. The average Bonchev–Trinajstić information content (AvgIpc) is 2.48. The van der Waals surface area contributed by atoms with Crippen molar-refractivity contribution < 1.29 is 4.79 Å². The Hall–Kier alpha value is -0.320. The Morgan fingerprint density at radius 2 is 2.21 bits per heavy atom. The van der Waals surface area contributed by atoms with Crippen molar-refractivity contribution in [2.45, 2.75) is 24.9 Å². The monoisotopic (exact) mass is 219 g/mol. The molecule has 1 unspecified atom stereocenters. The van der Waals surface area contributed by atoms with Crippen LogP contribution in [0.5, 0.6) is 0 Å². The standard InChI is InChI=1S/C9H17N3O.ClH/c1-10-7-3-5-12(6-7)9(13)8-2-4-11-8;/h7-8,10-11H,2-6H2,1H3;1H/t7?,8-;/m1./s1. The summed E-state index contributed by atoms with van der Waals surface area (Å²) < 4.78 is 0. The average molecular weight is 220 g/mol. The van der Waals surface area contributed by atoms with Gasteiger partial charge in [0.2, 0.25) is 5.91 Å². The Bertz CT molecular complexity index is 208. The van der Waals surface area contributed by atoms with E-state index in [0.717, 1.165) is 32.5 Å². The first-order chi connectivity index (χ1) is 6.31. The zero-order valence-electron chi connectivity index (χ0n) is 8.45. The van der Waals surface area contributed by atoms with E-state index in [4.69, 9.17) is 0 Å². The molecule has 2 aliphatic heterocycles. The topological polar surface area (TPSA) is 44.4 Å². The van der Waals surface area contributed by atoms with Crippen LogP contribution in [0.25, 0.3) is 0 Å². The molecule has 0 radical (unpaired) electrons. The fourth-order valence-corrected chi connectivity index (χ4v) is 1.92. The summed E-state index contributed by atoms with van der Waals surface area (Å²) in [7, 11) is 1.96. The summed E-state index contributed by atoms with van der Waals surface area (Å²) in [5.74, 6) is 0.295. The minimum atomic E-state index is 0. The highest BCUT2D eigenvalue weighted by Crippen LogP contribution is 2.13. The number of likely N-dealkylation sites (N-methyl/N-ethyl adjacent to an activating group) is 1. The van der Waals surface area contributed by atoms with Gasteiger partial charge < -0.3 is 15.5 Å². The molecule has 82 valence electrons. The van der Waals surface area contributed by atoms with Crippen LogP contribution >= 0.6 is 12.4 Å². The van der Waals surface area contributed by atoms with Gasteiger partial charge in [0.25, 0.3) is 0 Å². The van der Waals surface area contributed by atoms with Gasteiger partial charge in [-0.1, -0.05) is 0 Å². The molecule has 5 heteroatoms. The van der Waals surface area contributed by atoms with Gasteiger partial charge in [-0.3, -0.25) is 4.79 Å². The zero-order chi connectivity index (χ0) is 9.26. The second-order valence-corrected chi connectivity index (χ2v) is 3.85. The summed E-state index contributed by atoms with van der Waals surface area (Å²) in [5, 5.41) is 6.35. The summed E-state index contributed by atoms with van der Waals surface area (Å²) in [5.41, 5.74) is 0. The van der Waals surface area contributed by atoms with Crippen molar-refractivity contribution in [3.8, 4) is 0 Å². The largest absolute Gasteiger partial charge is 0.340 e. The number of rotatable bonds is 2. The van der Waals surface area contributed by atoms with Crippen molar-refractivity contribution in [3.63, 3.8) is 0 Å². The van der Waals surface area contributed by atoms with Crippen LogP contribution in [0.1, 0.15) is 12.8 Å². The Balaban J connectivity index is 0.000000980. The van der Waals surface area contributed by atoms with Gasteiger partial charge in [-0.25, -0.2) is 0 Å². The first-order valence-electron chi connectivity index (χ1n) is 5.00. The molecule has 4 nitrogen and oxygen atoms in total. The predicted octanol–water partition coefficient (Wildman–Crippen LogP) is -0.410. The molecular formula is C9H18ClN3O. The van der Waals surface area contributed by atoms with E-state index in [0.29, 0.717) is 11.9 Å². The van der Waals surface area contributed by atoms with E-state index >= 15 is 0 Å². The van der Waals surface area contributed by atoms with Crippen LogP contribution < -0.4 is 10.6 Å². The predicted molar refractivity (Wildman–Crippen MR) is 57.7 cm³/mol. The van der Waals surface area contributed by atoms with E-state index < -0.39 is 0 Å². The molecule has 1 amide bonds. The maximum atomic E-state index is 11.7. The van der Waals surface area contributed by atoms with Crippen molar-refractivity contribution in [3.05, 3.63) is 0 Å². The van der Waals surface area contributed by atoms with Gasteiger partial charge in [0, 0.05) is 19.1 Å². The van der Waals surface area contributed by atoms with E-state index in [9.17, 15) is 4.79 Å². The molecule has 0 aromatic carbocycles. The number of nitrogens with one attached hydrogen (secondary N) is 2. The highest BCUT2D eigenvalue weighted by atomic mass is 35.5. The third-order valence-electron chi connectivity index (χ3n) is 3.03. The van der Waals surface area contributed by atoms with Gasteiger partial charge in [-0.15, -0.1) is 12.4 Å². The van der Waals surface area contributed by atoms with Crippen molar-refractivity contribution >= 4 is 18.3 Å². The van der Waals surface area contributed by atoms with Gasteiger partial charge in [-0.05, 0) is 26.4 Å². The molecule has 2 saturated heterocycles. The van der Waals surface area contributed by atoms with Crippen molar-refractivity contribution in [2.24, 2.45) is 0 Å². The number of carbonyl (C=O) groups is 1. The molecule has 0 aromatic rings. The SMILES string of the molecule is CNC1CCN(C(=O)[C@H]2CCN2)C1.Cl. The number of halogens is 1. The lowest BCUT2D eigenvalue weighted by molar-refractivity contribution is -0.134. The maximum absolute atomic E-state index is 11.7. The van der Waals surface area contributed by atoms with Gasteiger partial charge in [0.1, 0.15) is 0 Å². The number of hydrogen-bond acceptors (Lipinski definition) is 3. The quantitative estimate of drug-likeness (QED) is 0.664. The lowest BCUT2D eigenvalue weighted by Gasteiger charge is -2.30. The zero-order valence-corrected chi connectivity index (χ0v) is 9.27. The van der Waals surface area contributed by atoms with E-state index in [1.807, 2.05) is 11.9 Å². The number of hydrogen-bond donors (Lipinski definition) is 2. The van der Waals surface area contributed by atoms with Gasteiger partial charge in [-0.2, -0.15) is 0 Å². The molecule has 0 aliphatic carbocycles. The van der Waals surface area contributed by atoms with Crippen LogP contribution in [0.3, 0.4) is 0 Å². The van der Waals surface area contributed by atoms with Gasteiger partial charge >= 0.3 is 0 Å². The molecule has 2 fully saturated rings. The number of amides is 1. The van der Waals surface area contributed by atoms with Gasteiger partial charge in [0.05, 0.1) is 6.04 Å². The Labute approximate surface area is 90.8 Å². The van der Waals surface area contributed by atoms with Crippen LogP contribution in [-0.4, -0.2) is 49.6 Å². The van der Waals surface area contributed by atoms with E-state index in [1.165, 1.54) is 0 Å².